The van der Waals surface area contributed by atoms with Crippen molar-refractivity contribution in [1.82, 2.24) is 10.6 Å². The Hall–Kier alpha value is -1.56. The molecule has 0 spiro atoms. The van der Waals surface area contributed by atoms with Crippen molar-refractivity contribution in [2.75, 3.05) is 6.54 Å². The fourth-order valence-electron chi connectivity index (χ4n) is 1.63. The zero-order valence-electron chi connectivity index (χ0n) is 11.0. The SMILES string of the molecule is CCCCC(NC(=O)NCCc1ccsc1)C(=O)O. The van der Waals surface area contributed by atoms with Gasteiger partial charge in [-0.1, -0.05) is 19.8 Å². The lowest BCUT2D eigenvalue weighted by Gasteiger charge is -2.14. The molecule has 19 heavy (non-hydrogen) atoms. The first-order valence-electron chi connectivity index (χ1n) is 6.41. The minimum atomic E-state index is -0.985. The van der Waals surface area contributed by atoms with E-state index in [0.717, 1.165) is 19.3 Å². The van der Waals surface area contributed by atoms with Gasteiger partial charge in [0.15, 0.2) is 0 Å². The molecule has 0 bridgehead atoms. The highest BCUT2D eigenvalue weighted by Gasteiger charge is 2.18. The maximum atomic E-state index is 11.6. The summed E-state index contributed by atoms with van der Waals surface area (Å²) < 4.78 is 0. The van der Waals surface area contributed by atoms with E-state index in [2.05, 4.69) is 10.6 Å². The molecule has 0 saturated carbocycles. The highest BCUT2D eigenvalue weighted by Crippen LogP contribution is 2.05. The number of carbonyl (C=O) groups is 2. The van der Waals surface area contributed by atoms with Crippen molar-refractivity contribution in [3.8, 4) is 0 Å². The Morgan fingerprint density at radius 1 is 1.47 bits per heavy atom. The maximum Gasteiger partial charge on any atom is 0.326 e. The third-order valence-corrected chi connectivity index (χ3v) is 3.46. The molecule has 0 saturated heterocycles. The van der Waals surface area contributed by atoms with Gasteiger partial charge < -0.3 is 15.7 Å². The zero-order valence-corrected chi connectivity index (χ0v) is 11.8. The van der Waals surface area contributed by atoms with E-state index >= 15 is 0 Å². The normalized spacial score (nSPS) is 11.8. The van der Waals surface area contributed by atoms with Crippen LogP contribution in [0.5, 0.6) is 0 Å². The highest BCUT2D eigenvalue weighted by molar-refractivity contribution is 7.07. The first-order chi connectivity index (χ1) is 9.13. The van der Waals surface area contributed by atoms with Crippen molar-refractivity contribution in [3.63, 3.8) is 0 Å². The lowest BCUT2D eigenvalue weighted by molar-refractivity contribution is -0.139. The fraction of sp³-hybridized carbons (Fsp3) is 0.538. The van der Waals surface area contributed by atoms with Crippen LogP contribution in [-0.2, 0) is 11.2 Å². The molecule has 1 aromatic rings. The fourth-order valence-corrected chi connectivity index (χ4v) is 2.33. The molecule has 0 fully saturated rings. The molecule has 5 nitrogen and oxygen atoms in total. The van der Waals surface area contributed by atoms with Gasteiger partial charge in [-0.05, 0) is 35.2 Å². The molecule has 1 aromatic heterocycles. The first-order valence-corrected chi connectivity index (χ1v) is 7.36. The van der Waals surface area contributed by atoms with Gasteiger partial charge in [0.25, 0.3) is 0 Å². The van der Waals surface area contributed by atoms with Crippen molar-refractivity contribution in [1.29, 1.82) is 0 Å². The topological polar surface area (TPSA) is 78.4 Å². The summed E-state index contributed by atoms with van der Waals surface area (Å²) in [7, 11) is 0. The number of carboxylic acid groups (broad SMARTS) is 1. The number of carbonyl (C=O) groups excluding carboxylic acids is 1. The van der Waals surface area contributed by atoms with Crippen LogP contribution >= 0.6 is 11.3 Å². The molecule has 1 rings (SSSR count). The molecule has 1 atom stereocenters. The largest absolute Gasteiger partial charge is 0.480 e. The monoisotopic (exact) mass is 284 g/mol. The average Bonchev–Trinajstić information content (AvgIpc) is 2.87. The summed E-state index contributed by atoms with van der Waals surface area (Å²) in [4.78, 5) is 22.5. The molecule has 0 aromatic carbocycles. The Labute approximate surface area is 117 Å². The first kappa shape index (κ1) is 15.5. The molecule has 106 valence electrons. The summed E-state index contributed by atoms with van der Waals surface area (Å²) >= 11 is 1.62. The summed E-state index contributed by atoms with van der Waals surface area (Å²) in [6.45, 7) is 2.49. The van der Waals surface area contributed by atoms with E-state index in [9.17, 15) is 9.59 Å². The number of thiophene rings is 1. The molecule has 0 aliphatic heterocycles. The van der Waals surface area contributed by atoms with Crippen LogP contribution < -0.4 is 10.6 Å². The number of unbranched alkanes of at least 4 members (excludes halogenated alkanes) is 1. The van der Waals surface area contributed by atoms with E-state index in [1.54, 1.807) is 11.3 Å². The van der Waals surface area contributed by atoms with Crippen LogP contribution in [0.25, 0.3) is 0 Å². The second-order valence-electron chi connectivity index (χ2n) is 4.31. The van der Waals surface area contributed by atoms with Crippen LogP contribution in [0.1, 0.15) is 31.7 Å². The number of carboxylic acids is 1. The molecule has 0 aliphatic carbocycles. The molecule has 1 heterocycles. The molecular formula is C13H20N2O3S. The van der Waals surface area contributed by atoms with Crippen LogP contribution in [0.3, 0.4) is 0 Å². The Kier molecular flexibility index (Phi) is 6.95. The van der Waals surface area contributed by atoms with E-state index in [0.29, 0.717) is 13.0 Å². The predicted octanol–water partition coefficient (Wildman–Crippen LogP) is 2.23. The van der Waals surface area contributed by atoms with Gasteiger partial charge in [-0.15, -0.1) is 0 Å². The van der Waals surface area contributed by atoms with Gasteiger partial charge in [0.1, 0.15) is 6.04 Å². The minimum absolute atomic E-state index is 0.418. The van der Waals surface area contributed by atoms with Gasteiger partial charge >= 0.3 is 12.0 Å². The van der Waals surface area contributed by atoms with E-state index in [4.69, 9.17) is 5.11 Å². The van der Waals surface area contributed by atoms with E-state index in [-0.39, 0.29) is 0 Å². The van der Waals surface area contributed by atoms with Crippen molar-refractivity contribution >= 4 is 23.3 Å². The summed E-state index contributed by atoms with van der Waals surface area (Å²) in [6.07, 6.45) is 2.91. The van der Waals surface area contributed by atoms with Crippen molar-refractivity contribution < 1.29 is 14.7 Å². The molecule has 1 unspecified atom stereocenters. The second-order valence-corrected chi connectivity index (χ2v) is 5.09. The molecule has 2 amide bonds. The van der Waals surface area contributed by atoms with Gasteiger partial charge in [0.2, 0.25) is 0 Å². The third-order valence-electron chi connectivity index (χ3n) is 2.73. The predicted molar refractivity (Wildman–Crippen MR) is 75.5 cm³/mol. The second kappa shape index (κ2) is 8.53. The minimum Gasteiger partial charge on any atom is -0.480 e. The number of amides is 2. The average molecular weight is 284 g/mol. The van der Waals surface area contributed by atoms with Crippen LogP contribution in [0.4, 0.5) is 4.79 Å². The smallest absolute Gasteiger partial charge is 0.326 e. The third kappa shape index (κ3) is 6.24. The van der Waals surface area contributed by atoms with E-state index in [1.807, 2.05) is 23.8 Å². The zero-order chi connectivity index (χ0) is 14.1. The maximum absolute atomic E-state index is 11.6. The summed E-state index contributed by atoms with van der Waals surface area (Å²) in [5.41, 5.74) is 1.17. The van der Waals surface area contributed by atoms with Crippen LogP contribution in [0, 0.1) is 0 Å². The molecule has 0 aliphatic rings. The Morgan fingerprint density at radius 2 is 2.26 bits per heavy atom. The lowest BCUT2D eigenvalue weighted by Crippen LogP contribution is -2.46. The van der Waals surface area contributed by atoms with Gasteiger partial charge in [0, 0.05) is 6.54 Å². The number of rotatable bonds is 8. The Bertz CT molecular complexity index is 393. The standard InChI is InChI=1S/C13H20N2O3S/c1-2-3-4-11(12(16)17)15-13(18)14-7-5-10-6-8-19-9-10/h6,8-9,11H,2-5,7H2,1H3,(H,16,17)(H2,14,15,18). The van der Waals surface area contributed by atoms with Crippen molar-refractivity contribution in [2.45, 2.75) is 38.6 Å². The lowest BCUT2D eigenvalue weighted by atomic mass is 10.1. The number of urea groups is 1. The molecular weight excluding hydrogens is 264 g/mol. The quantitative estimate of drug-likeness (QED) is 0.685. The number of aliphatic carboxylic acids is 1. The highest BCUT2D eigenvalue weighted by atomic mass is 32.1. The Balaban J connectivity index is 2.25. The van der Waals surface area contributed by atoms with Gasteiger partial charge in [-0.25, -0.2) is 9.59 Å². The number of hydrogen-bond acceptors (Lipinski definition) is 3. The van der Waals surface area contributed by atoms with Gasteiger partial charge in [-0.2, -0.15) is 11.3 Å². The summed E-state index contributed by atoms with van der Waals surface area (Å²) in [5.74, 6) is -0.985. The van der Waals surface area contributed by atoms with E-state index in [1.165, 1.54) is 5.56 Å². The summed E-state index contributed by atoms with van der Waals surface area (Å²) in [5, 5.41) is 18.2. The Morgan fingerprint density at radius 3 is 2.84 bits per heavy atom. The van der Waals surface area contributed by atoms with E-state index < -0.39 is 18.0 Å². The molecule has 3 N–H and O–H groups in total. The van der Waals surface area contributed by atoms with Crippen molar-refractivity contribution in [2.24, 2.45) is 0 Å². The molecule has 6 heteroatoms. The number of nitrogens with one attached hydrogen (secondary N) is 2. The van der Waals surface area contributed by atoms with Gasteiger partial charge in [0.05, 0.1) is 0 Å². The van der Waals surface area contributed by atoms with Gasteiger partial charge in [-0.3, -0.25) is 0 Å². The van der Waals surface area contributed by atoms with Crippen LogP contribution in [0.2, 0.25) is 0 Å². The van der Waals surface area contributed by atoms with Crippen LogP contribution in [0.15, 0.2) is 16.8 Å². The summed E-state index contributed by atoms with van der Waals surface area (Å²) in [6, 6.07) is 0.783. The van der Waals surface area contributed by atoms with Crippen molar-refractivity contribution in [3.05, 3.63) is 22.4 Å². The molecule has 0 radical (unpaired) electrons. The number of hydrogen-bond donors (Lipinski definition) is 3. The van der Waals surface area contributed by atoms with Crippen LogP contribution in [-0.4, -0.2) is 29.7 Å².